The monoisotopic (exact) mass is 450 g/mol. The second-order valence-corrected chi connectivity index (χ2v) is 8.25. The highest BCUT2D eigenvalue weighted by atomic mass is 35.5. The third kappa shape index (κ3) is 7.02. The summed E-state index contributed by atoms with van der Waals surface area (Å²) in [6.07, 6.45) is 0.285. The summed E-state index contributed by atoms with van der Waals surface area (Å²) in [5, 5.41) is 15.9. The third-order valence-electron chi connectivity index (χ3n) is 4.32. The summed E-state index contributed by atoms with van der Waals surface area (Å²) in [6.45, 7) is 2.73. The van der Waals surface area contributed by atoms with Crippen LogP contribution >= 0.6 is 23.2 Å². The number of amidine groups is 1. The Morgan fingerprint density at radius 3 is 2.13 bits per heavy atom. The number of hydrogen-bond donors (Lipinski definition) is 4. The van der Waals surface area contributed by atoms with Crippen LogP contribution in [0.3, 0.4) is 0 Å². The standard InChI is InChI=1S/C21H24Cl2N4O3/c1-21(2,12-28)19(29)27-18(24)17(11-13-3-5-14(22)6-4-13)26-20(30)25-16-9-7-15(23)8-10-16/h3-10,17,28H,11-12H2,1-2H3,(H2,24,27,29)(H2,25,26,30)/t17-/m0/s1. The van der Waals surface area contributed by atoms with Gasteiger partial charge in [0.15, 0.2) is 0 Å². The summed E-state index contributed by atoms with van der Waals surface area (Å²) in [4.78, 5) is 28.7. The molecular formula is C21H24Cl2N4O3. The smallest absolute Gasteiger partial charge is 0.319 e. The zero-order valence-electron chi connectivity index (χ0n) is 16.7. The van der Waals surface area contributed by atoms with Crippen molar-refractivity contribution in [1.29, 1.82) is 0 Å². The van der Waals surface area contributed by atoms with Crippen LogP contribution < -0.4 is 16.4 Å². The number of aliphatic imine (C=N–C) groups is 1. The van der Waals surface area contributed by atoms with Gasteiger partial charge in [-0.1, -0.05) is 35.3 Å². The lowest BCUT2D eigenvalue weighted by Gasteiger charge is -2.21. The molecular weight excluding hydrogens is 427 g/mol. The van der Waals surface area contributed by atoms with Gasteiger partial charge in [0.05, 0.1) is 18.1 Å². The average Bonchev–Trinajstić information content (AvgIpc) is 2.70. The van der Waals surface area contributed by atoms with Crippen molar-refractivity contribution < 1.29 is 14.7 Å². The van der Waals surface area contributed by atoms with Crippen LogP contribution in [-0.2, 0) is 11.2 Å². The van der Waals surface area contributed by atoms with Crippen LogP contribution in [0.25, 0.3) is 0 Å². The fourth-order valence-electron chi connectivity index (χ4n) is 2.36. The zero-order chi connectivity index (χ0) is 22.3. The Morgan fingerprint density at radius 1 is 1.07 bits per heavy atom. The Morgan fingerprint density at radius 2 is 1.60 bits per heavy atom. The number of amides is 3. The minimum absolute atomic E-state index is 0.0669. The molecule has 0 heterocycles. The molecule has 0 saturated carbocycles. The number of urea groups is 1. The number of anilines is 1. The molecule has 1 atom stereocenters. The molecule has 0 fully saturated rings. The molecule has 0 aliphatic carbocycles. The van der Waals surface area contributed by atoms with Crippen molar-refractivity contribution >= 4 is 46.7 Å². The zero-order valence-corrected chi connectivity index (χ0v) is 18.2. The maximum absolute atomic E-state index is 12.5. The van der Waals surface area contributed by atoms with Crippen LogP contribution in [0.2, 0.25) is 10.0 Å². The number of halogens is 2. The highest BCUT2D eigenvalue weighted by Gasteiger charge is 2.28. The summed E-state index contributed by atoms with van der Waals surface area (Å²) in [5.41, 5.74) is 6.36. The van der Waals surface area contributed by atoms with Crippen molar-refractivity contribution in [3.8, 4) is 0 Å². The van der Waals surface area contributed by atoms with Crippen molar-refractivity contribution in [3.05, 3.63) is 64.1 Å². The predicted octanol–water partition coefficient (Wildman–Crippen LogP) is 3.63. The molecule has 3 amide bonds. The van der Waals surface area contributed by atoms with Crippen LogP contribution in [0.5, 0.6) is 0 Å². The van der Waals surface area contributed by atoms with Gasteiger partial charge in [-0.15, -0.1) is 0 Å². The fraction of sp³-hybridized carbons (Fsp3) is 0.286. The maximum atomic E-state index is 12.5. The average molecular weight is 451 g/mol. The Labute approximate surface area is 185 Å². The van der Waals surface area contributed by atoms with E-state index in [-0.39, 0.29) is 18.9 Å². The van der Waals surface area contributed by atoms with E-state index in [0.29, 0.717) is 15.7 Å². The van der Waals surface area contributed by atoms with E-state index in [1.165, 1.54) is 0 Å². The van der Waals surface area contributed by atoms with Gasteiger partial charge < -0.3 is 21.5 Å². The van der Waals surface area contributed by atoms with Gasteiger partial charge in [-0.05, 0) is 62.2 Å². The molecule has 0 bridgehead atoms. The summed E-state index contributed by atoms with van der Waals surface area (Å²) in [7, 11) is 0. The molecule has 0 saturated heterocycles. The first-order valence-corrected chi connectivity index (χ1v) is 9.93. The van der Waals surface area contributed by atoms with Crippen molar-refractivity contribution in [2.45, 2.75) is 26.3 Å². The fourth-order valence-corrected chi connectivity index (χ4v) is 2.61. The molecule has 0 spiro atoms. The second-order valence-electron chi connectivity index (χ2n) is 7.37. The topological polar surface area (TPSA) is 117 Å². The number of nitrogens with zero attached hydrogens (tertiary/aromatic N) is 1. The van der Waals surface area contributed by atoms with E-state index < -0.39 is 23.4 Å². The molecule has 0 unspecified atom stereocenters. The number of hydrogen-bond acceptors (Lipinski definition) is 3. The number of carbonyl (C=O) groups excluding carboxylic acids is 2. The van der Waals surface area contributed by atoms with E-state index in [9.17, 15) is 14.7 Å². The molecule has 30 heavy (non-hydrogen) atoms. The molecule has 0 aromatic heterocycles. The number of rotatable bonds is 7. The SMILES string of the molecule is CC(C)(CO)C(=O)/N=C(\N)[C@H](Cc1ccc(Cl)cc1)NC(=O)Nc1ccc(Cl)cc1. The number of aliphatic hydroxyl groups excluding tert-OH is 1. The largest absolute Gasteiger partial charge is 0.395 e. The Balaban J connectivity index is 2.21. The minimum atomic E-state index is -1.08. The van der Waals surface area contributed by atoms with Crippen LogP contribution in [0.1, 0.15) is 19.4 Å². The number of carbonyl (C=O) groups is 2. The van der Waals surface area contributed by atoms with E-state index >= 15 is 0 Å². The summed E-state index contributed by atoms with van der Waals surface area (Å²) >= 11 is 11.8. The van der Waals surface area contributed by atoms with Crippen LogP contribution in [0.4, 0.5) is 10.5 Å². The van der Waals surface area contributed by atoms with Crippen molar-refractivity contribution in [2.24, 2.45) is 16.1 Å². The van der Waals surface area contributed by atoms with Gasteiger partial charge in [0.1, 0.15) is 5.84 Å². The Hall–Kier alpha value is -2.61. The van der Waals surface area contributed by atoms with E-state index in [2.05, 4.69) is 15.6 Å². The molecule has 160 valence electrons. The molecule has 7 nitrogen and oxygen atoms in total. The lowest BCUT2D eigenvalue weighted by atomic mass is 9.94. The lowest BCUT2D eigenvalue weighted by molar-refractivity contribution is -0.127. The molecule has 0 radical (unpaired) electrons. The van der Waals surface area contributed by atoms with E-state index in [4.69, 9.17) is 28.9 Å². The second kappa shape index (κ2) is 10.4. The molecule has 2 aromatic rings. The van der Waals surface area contributed by atoms with Gasteiger partial charge in [-0.3, -0.25) is 4.79 Å². The van der Waals surface area contributed by atoms with Crippen molar-refractivity contribution in [1.82, 2.24) is 5.32 Å². The molecule has 0 aliphatic heterocycles. The summed E-state index contributed by atoms with van der Waals surface area (Å²) < 4.78 is 0. The van der Waals surface area contributed by atoms with Crippen LogP contribution in [-0.4, -0.2) is 35.5 Å². The Kier molecular flexibility index (Phi) is 8.23. The summed E-state index contributed by atoms with van der Waals surface area (Å²) in [5.74, 6) is -0.647. The molecule has 0 aliphatic rings. The Bertz CT molecular complexity index is 913. The van der Waals surface area contributed by atoms with Crippen molar-refractivity contribution in [2.75, 3.05) is 11.9 Å². The van der Waals surface area contributed by atoms with Gasteiger partial charge in [-0.2, -0.15) is 4.99 Å². The lowest BCUT2D eigenvalue weighted by Crippen LogP contribution is -2.48. The van der Waals surface area contributed by atoms with Gasteiger partial charge in [-0.25, -0.2) is 4.79 Å². The first-order chi connectivity index (χ1) is 14.1. The van der Waals surface area contributed by atoms with E-state index in [1.54, 1.807) is 62.4 Å². The van der Waals surface area contributed by atoms with Crippen LogP contribution in [0.15, 0.2) is 53.5 Å². The maximum Gasteiger partial charge on any atom is 0.319 e. The number of nitrogens with two attached hydrogens (primary N) is 1. The van der Waals surface area contributed by atoms with Gasteiger partial charge in [0, 0.05) is 15.7 Å². The molecule has 2 aromatic carbocycles. The predicted molar refractivity (Wildman–Crippen MR) is 120 cm³/mol. The number of benzene rings is 2. The van der Waals surface area contributed by atoms with Gasteiger partial charge in [0.25, 0.3) is 5.91 Å². The van der Waals surface area contributed by atoms with Gasteiger partial charge in [0.2, 0.25) is 0 Å². The quantitative estimate of drug-likeness (QED) is 0.380. The van der Waals surface area contributed by atoms with Crippen molar-refractivity contribution in [3.63, 3.8) is 0 Å². The highest BCUT2D eigenvalue weighted by molar-refractivity contribution is 6.30. The molecule has 5 N–H and O–H groups in total. The third-order valence-corrected chi connectivity index (χ3v) is 4.83. The highest BCUT2D eigenvalue weighted by Crippen LogP contribution is 2.17. The van der Waals surface area contributed by atoms with Gasteiger partial charge >= 0.3 is 6.03 Å². The number of aliphatic hydroxyl groups is 1. The van der Waals surface area contributed by atoms with E-state index in [1.807, 2.05) is 0 Å². The molecule has 2 rings (SSSR count). The first-order valence-electron chi connectivity index (χ1n) is 9.17. The minimum Gasteiger partial charge on any atom is -0.395 e. The first kappa shape index (κ1) is 23.7. The van der Waals surface area contributed by atoms with E-state index in [0.717, 1.165) is 5.56 Å². The number of nitrogens with one attached hydrogen (secondary N) is 2. The molecule has 9 heteroatoms. The van der Waals surface area contributed by atoms with Crippen LogP contribution in [0, 0.1) is 5.41 Å². The normalized spacial score (nSPS) is 12.9. The summed E-state index contributed by atoms with van der Waals surface area (Å²) in [6, 6.07) is 12.3.